The molecule has 0 spiro atoms. The lowest BCUT2D eigenvalue weighted by molar-refractivity contribution is 0.0595. The second kappa shape index (κ2) is 17.1. The van der Waals surface area contributed by atoms with Crippen molar-refractivity contribution in [1.82, 2.24) is 5.32 Å². The van der Waals surface area contributed by atoms with Crippen LogP contribution >= 0.6 is 0 Å². The number of aliphatic hydroxyl groups excluding tert-OH is 1. The Morgan fingerprint density at radius 1 is 0.912 bits per heavy atom. The monoisotopic (exact) mass is 469 g/mol. The zero-order chi connectivity index (χ0) is 24.4. The maximum absolute atomic E-state index is 12.3. The summed E-state index contributed by atoms with van der Waals surface area (Å²) >= 11 is 0. The fourth-order valence-electron chi connectivity index (χ4n) is 3.98. The van der Waals surface area contributed by atoms with Crippen LogP contribution < -0.4 is 10.1 Å². The highest BCUT2D eigenvalue weighted by Gasteiger charge is 2.17. The zero-order valence-electron chi connectivity index (χ0n) is 21.1. The Morgan fingerprint density at radius 2 is 1.56 bits per heavy atom. The lowest BCUT2D eigenvalue weighted by Gasteiger charge is -2.16. The topological polar surface area (TPSA) is 67.8 Å². The molecule has 0 aliphatic rings. The molecule has 5 heteroatoms. The smallest absolute Gasteiger partial charge is 0.341 e. The van der Waals surface area contributed by atoms with Gasteiger partial charge in [0.05, 0.1) is 13.2 Å². The highest BCUT2D eigenvalue weighted by atomic mass is 16.5. The SMILES string of the molecule is CCCCCCCCCCCCNC[C@H](O)c1ccc(OCc2ccccc2)c(C(=O)OC)c1. The quantitative estimate of drug-likeness (QED) is 0.190. The van der Waals surface area contributed by atoms with Gasteiger partial charge in [-0.15, -0.1) is 0 Å². The summed E-state index contributed by atoms with van der Waals surface area (Å²) in [5, 5.41) is 13.9. The molecule has 0 bridgehead atoms. The molecule has 0 unspecified atom stereocenters. The fourth-order valence-corrected chi connectivity index (χ4v) is 3.98. The largest absolute Gasteiger partial charge is 0.488 e. The van der Waals surface area contributed by atoms with Crippen LogP contribution in [0.4, 0.5) is 0 Å². The molecule has 0 aliphatic heterocycles. The Balaban J connectivity index is 1.71. The van der Waals surface area contributed by atoms with Crippen LogP contribution in [0.15, 0.2) is 48.5 Å². The zero-order valence-corrected chi connectivity index (χ0v) is 21.1. The van der Waals surface area contributed by atoms with Crippen molar-refractivity contribution in [2.24, 2.45) is 0 Å². The Morgan fingerprint density at radius 3 is 2.21 bits per heavy atom. The minimum Gasteiger partial charge on any atom is -0.488 e. The first-order chi connectivity index (χ1) is 16.7. The van der Waals surface area contributed by atoms with Crippen LogP contribution in [-0.4, -0.2) is 31.3 Å². The van der Waals surface area contributed by atoms with E-state index in [1.807, 2.05) is 30.3 Å². The number of esters is 1. The molecule has 2 aromatic carbocycles. The number of benzene rings is 2. The first kappa shape index (κ1) is 27.9. The molecule has 2 aromatic rings. The first-order valence-corrected chi connectivity index (χ1v) is 12.9. The number of nitrogens with one attached hydrogen (secondary N) is 1. The third-order valence-electron chi connectivity index (χ3n) is 6.08. The number of carbonyl (C=O) groups is 1. The van der Waals surface area contributed by atoms with E-state index in [-0.39, 0.29) is 0 Å². The molecule has 0 fully saturated rings. The van der Waals surface area contributed by atoms with Crippen LogP contribution in [-0.2, 0) is 11.3 Å². The Bertz CT molecular complexity index is 809. The van der Waals surface area contributed by atoms with Crippen LogP contribution in [0.2, 0.25) is 0 Å². The van der Waals surface area contributed by atoms with Crippen molar-refractivity contribution < 1.29 is 19.4 Å². The minimum atomic E-state index is -0.699. The minimum absolute atomic E-state index is 0.324. The average molecular weight is 470 g/mol. The second-order valence-electron chi connectivity index (χ2n) is 8.92. The molecule has 2 rings (SSSR count). The fraction of sp³-hybridized carbons (Fsp3) is 0.552. The van der Waals surface area contributed by atoms with Crippen molar-refractivity contribution in [2.45, 2.75) is 83.8 Å². The molecular weight excluding hydrogens is 426 g/mol. The normalized spacial score (nSPS) is 11.9. The van der Waals surface area contributed by atoms with E-state index in [1.165, 1.54) is 64.9 Å². The molecule has 0 radical (unpaired) electrons. The van der Waals surface area contributed by atoms with Gasteiger partial charge in [0, 0.05) is 6.54 Å². The van der Waals surface area contributed by atoms with Gasteiger partial charge in [-0.2, -0.15) is 0 Å². The molecule has 0 aliphatic carbocycles. The number of hydrogen-bond acceptors (Lipinski definition) is 5. The van der Waals surface area contributed by atoms with Gasteiger partial charge >= 0.3 is 5.97 Å². The lowest BCUT2D eigenvalue weighted by atomic mass is 10.0. The maximum atomic E-state index is 12.3. The van der Waals surface area contributed by atoms with E-state index in [1.54, 1.807) is 18.2 Å². The predicted octanol–water partition coefficient (Wildman–Crippen LogP) is 6.60. The van der Waals surface area contributed by atoms with Crippen molar-refractivity contribution in [2.75, 3.05) is 20.2 Å². The molecule has 5 nitrogen and oxygen atoms in total. The lowest BCUT2D eigenvalue weighted by Crippen LogP contribution is -2.22. The van der Waals surface area contributed by atoms with Gasteiger partial charge in [0.15, 0.2) is 0 Å². The molecule has 0 aromatic heterocycles. The summed E-state index contributed by atoms with van der Waals surface area (Å²) in [7, 11) is 1.35. The van der Waals surface area contributed by atoms with Gasteiger partial charge in [-0.25, -0.2) is 4.79 Å². The molecular formula is C29H43NO4. The van der Waals surface area contributed by atoms with Crippen molar-refractivity contribution in [3.63, 3.8) is 0 Å². The summed E-state index contributed by atoms with van der Waals surface area (Å²) in [5.41, 5.74) is 2.01. The summed E-state index contributed by atoms with van der Waals surface area (Å²) in [6.07, 6.45) is 12.4. The van der Waals surface area contributed by atoms with Crippen LogP contribution in [0.3, 0.4) is 0 Å². The van der Waals surface area contributed by atoms with Crippen molar-refractivity contribution in [3.8, 4) is 5.75 Å². The number of unbranched alkanes of at least 4 members (excludes halogenated alkanes) is 9. The highest BCUT2D eigenvalue weighted by Crippen LogP contribution is 2.25. The molecule has 188 valence electrons. The van der Waals surface area contributed by atoms with Gasteiger partial charge in [0.25, 0.3) is 0 Å². The average Bonchev–Trinajstić information content (AvgIpc) is 2.88. The summed E-state index contributed by atoms with van der Waals surface area (Å²) in [6.45, 7) is 3.94. The van der Waals surface area contributed by atoms with Crippen molar-refractivity contribution in [1.29, 1.82) is 0 Å². The van der Waals surface area contributed by atoms with Crippen LogP contribution in [0, 0.1) is 0 Å². The summed E-state index contributed by atoms with van der Waals surface area (Å²) in [6, 6.07) is 15.0. The van der Waals surface area contributed by atoms with E-state index in [0.29, 0.717) is 30.0 Å². The molecule has 0 saturated carbocycles. The number of hydrogen-bond donors (Lipinski definition) is 2. The number of methoxy groups -OCH3 is 1. The van der Waals surface area contributed by atoms with E-state index in [9.17, 15) is 9.90 Å². The van der Waals surface area contributed by atoms with Gasteiger partial charge < -0.3 is 19.9 Å². The maximum Gasteiger partial charge on any atom is 0.341 e. The summed E-state index contributed by atoms with van der Waals surface area (Å²) < 4.78 is 10.8. The second-order valence-corrected chi connectivity index (χ2v) is 8.92. The molecule has 0 heterocycles. The summed E-state index contributed by atoms with van der Waals surface area (Å²) in [5.74, 6) is -0.0274. The number of ether oxygens (including phenoxy) is 2. The number of carbonyl (C=O) groups excluding carboxylic acids is 1. The molecule has 0 amide bonds. The van der Waals surface area contributed by atoms with Gasteiger partial charge in [0.1, 0.15) is 17.9 Å². The van der Waals surface area contributed by atoms with E-state index < -0.39 is 12.1 Å². The Labute approximate surface area is 205 Å². The van der Waals surface area contributed by atoms with Crippen LogP contribution in [0.5, 0.6) is 5.75 Å². The van der Waals surface area contributed by atoms with E-state index in [2.05, 4.69) is 12.2 Å². The highest BCUT2D eigenvalue weighted by molar-refractivity contribution is 5.92. The van der Waals surface area contributed by atoms with Crippen molar-refractivity contribution in [3.05, 3.63) is 65.2 Å². The molecule has 0 saturated heterocycles. The molecule has 2 N–H and O–H groups in total. The van der Waals surface area contributed by atoms with Gasteiger partial charge in [0.2, 0.25) is 0 Å². The Hall–Kier alpha value is -2.37. The standard InChI is InChI=1S/C29H43NO4/c1-3-4-5-6-7-8-9-10-11-15-20-30-22-27(31)25-18-19-28(26(21-25)29(32)33-2)34-23-24-16-13-12-14-17-24/h12-14,16-19,21,27,30-31H,3-11,15,20,22-23H2,1-2H3/t27-/m0/s1. The van der Waals surface area contributed by atoms with E-state index >= 15 is 0 Å². The van der Waals surface area contributed by atoms with E-state index in [4.69, 9.17) is 9.47 Å². The van der Waals surface area contributed by atoms with Crippen LogP contribution in [0.25, 0.3) is 0 Å². The first-order valence-electron chi connectivity index (χ1n) is 12.9. The van der Waals surface area contributed by atoms with Gasteiger partial charge in [-0.1, -0.05) is 101 Å². The van der Waals surface area contributed by atoms with Gasteiger partial charge in [-0.3, -0.25) is 0 Å². The number of rotatable bonds is 18. The third kappa shape index (κ3) is 10.7. The van der Waals surface area contributed by atoms with Gasteiger partial charge in [-0.05, 0) is 36.2 Å². The number of aliphatic hydroxyl groups is 1. The predicted molar refractivity (Wildman–Crippen MR) is 138 cm³/mol. The van der Waals surface area contributed by atoms with Crippen molar-refractivity contribution >= 4 is 5.97 Å². The Kier molecular flexibility index (Phi) is 14.0. The third-order valence-corrected chi connectivity index (χ3v) is 6.08. The van der Waals surface area contributed by atoms with E-state index in [0.717, 1.165) is 18.5 Å². The molecule has 1 atom stereocenters. The van der Waals surface area contributed by atoms with Crippen LogP contribution in [0.1, 0.15) is 98.7 Å². The molecule has 34 heavy (non-hydrogen) atoms. The summed E-state index contributed by atoms with van der Waals surface area (Å²) in [4.78, 5) is 12.3.